The number of aliphatic hydroxyl groups excluding tert-OH is 2. The van der Waals surface area contributed by atoms with Gasteiger partial charge in [0.05, 0.1) is 6.61 Å². The summed E-state index contributed by atoms with van der Waals surface area (Å²) in [5.41, 5.74) is 0.779. The minimum absolute atomic E-state index is 0.0938. The Hall–Kier alpha value is -1.72. The molecule has 1 aromatic carbocycles. The van der Waals surface area contributed by atoms with Crippen molar-refractivity contribution in [2.24, 2.45) is 0 Å². The second kappa shape index (κ2) is 4.20. The van der Waals surface area contributed by atoms with Crippen LogP contribution < -0.4 is 0 Å². The molecule has 5 nitrogen and oxygen atoms in total. The summed E-state index contributed by atoms with van der Waals surface area (Å²) < 4.78 is 4.94. The predicted octanol–water partition coefficient (Wildman–Crippen LogP) is 0.762. The van der Waals surface area contributed by atoms with Gasteiger partial charge in [-0.05, 0) is 12.1 Å². The normalized spacial score (nSPS) is 12.7. The van der Waals surface area contributed by atoms with Crippen molar-refractivity contribution in [2.45, 2.75) is 6.10 Å². The van der Waals surface area contributed by atoms with E-state index in [1.165, 1.54) is 0 Å². The first-order valence-electron chi connectivity index (χ1n) is 4.49. The second-order valence-electron chi connectivity index (χ2n) is 3.02. The van der Waals surface area contributed by atoms with E-state index in [1.807, 2.05) is 30.3 Å². The van der Waals surface area contributed by atoms with Crippen LogP contribution in [0.25, 0.3) is 11.5 Å². The Morgan fingerprint density at radius 2 is 2.00 bits per heavy atom. The fraction of sp³-hybridized carbons (Fsp3) is 0.200. The molecule has 0 aliphatic rings. The fourth-order valence-corrected chi connectivity index (χ4v) is 1.15. The Bertz CT molecular complexity index is 427. The van der Waals surface area contributed by atoms with Crippen molar-refractivity contribution in [3.05, 3.63) is 36.2 Å². The van der Waals surface area contributed by atoms with Gasteiger partial charge in [-0.1, -0.05) is 23.4 Å². The third kappa shape index (κ3) is 2.03. The maximum absolute atomic E-state index is 9.25. The largest absolute Gasteiger partial charge is 0.393 e. The number of hydrogen-bond acceptors (Lipinski definition) is 5. The summed E-state index contributed by atoms with van der Waals surface area (Å²) in [6, 6.07) is 9.22. The Morgan fingerprint density at radius 1 is 1.27 bits per heavy atom. The molecule has 2 N–H and O–H groups in total. The highest BCUT2D eigenvalue weighted by Crippen LogP contribution is 2.18. The summed E-state index contributed by atoms with van der Waals surface area (Å²) in [5, 5.41) is 21.5. The first-order chi connectivity index (χ1) is 7.31. The van der Waals surface area contributed by atoms with E-state index in [-0.39, 0.29) is 5.82 Å². The van der Waals surface area contributed by atoms with Gasteiger partial charge in [-0.3, -0.25) is 0 Å². The first kappa shape index (κ1) is 9.82. The quantitative estimate of drug-likeness (QED) is 0.775. The average molecular weight is 206 g/mol. The lowest BCUT2D eigenvalue weighted by atomic mass is 10.2. The number of aromatic nitrogens is 2. The standard InChI is InChI=1S/C10H10N2O3/c13-6-8(14)9-11-10(15-12-9)7-4-2-1-3-5-7/h1-5,8,13-14H,6H2/t8-/m1/s1. The highest BCUT2D eigenvalue weighted by molar-refractivity contribution is 5.51. The molecule has 78 valence electrons. The summed E-state index contributed by atoms with van der Waals surface area (Å²) in [4.78, 5) is 3.96. The third-order valence-electron chi connectivity index (χ3n) is 1.93. The van der Waals surface area contributed by atoms with E-state index in [4.69, 9.17) is 9.63 Å². The Morgan fingerprint density at radius 3 is 2.67 bits per heavy atom. The molecular weight excluding hydrogens is 196 g/mol. The molecule has 0 spiro atoms. The van der Waals surface area contributed by atoms with E-state index in [9.17, 15) is 5.11 Å². The topological polar surface area (TPSA) is 79.4 Å². The maximum atomic E-state index is 9.25. The molecule has 1 aromatic heterocycles. The van der Waals surface area contributed by atoms with Crippen LogP contribution in [-0.2, 0) is 0 Å². The molecule has 2 rings (SSSR count). The van der Waals surface area contributed by atoms with E-state index < -0.39 is 12.7 Å². The Kier molecular flexibility index (Phi) is 2.75. The highest BCUT2D eigenvalue weighted by atomic mass is 16.5. The molecule has 0 aliphatic carbocycles. The van der Waals surface area contributed by atoms with Crippen molar-refractivity contribution in [1.82, 2.24) is 10.1 Å². The molecule has 0 fully saturated rings. The third-order valence-corrected chi connectivity index (χ3v) is 1.93. The van der Waals surface area contributed by atoms with Crippen LogP contribution in [0.5, 0.6) is 0 Å². The molecule has 5 heteroatoms. The second-order valence-corrected chi connectivity index (χ2v) is 3.02. The first-order valence-corrected chi connectivity index (χ1v) is 4.49. The van der Waals surface area contributed by atoms with Crippen molar-refractivity contribution < 1.29 is 14.7 Å². The summed E-state index contributed by atoms with van der Waals surface area (Å²) in [6.45, 7) is -0.423. The van der Waals surface area contributed by atoms with Crippen LogP contribution in [0.4, 0.5) is 0 Å². The minimum atomic E-state index is -1.09. The molecule has 1 heterocycles. The predicted molar refractivity (Wildman–Crippen MR) is 51.8 cm³/mol. The molecule has 0 unspecified atom stereocenters. The Labute approximate surface area is 86.0 Å². The van der Waals surface area contributed by atoms with Crippen molar-refractivity contribution in [3.8, 4) is 11.5 Å². The van der Waals surface area contributed by atoms with Gasteiger partial charge in [0.2, 0.25) is 5.82 Å². The molecule has 2 aromatic rings. The molecule has 0 aliphatic heterocycles. The van der Waals surface area contributed by atoms with Gasteiger partial charge in [0.1, 0.15) is 6.10 Å². The van der Waals surface area contributed by atoms with Crippen LogP contribution in [0.3, 0.4) is 0 Å². The fourth-order valence-electron chi connectivity index (χ4n) is 1.15. The van der Waals surface area contributed by atoms with Gasteiger partial charge in [0, 0.05) is 5.56 Å². The van der Waals surface area contributed by atoms with Gasteiger partial charge in [-0.25, -0.2) is 0 Å². The smallest absolute Gasteiger partial charge is 0.258 e. The molecule has 0 bridgehead atoms. The molecule has 0 radical (unpaired) electrons. The molecule has 0 saturated carbocycles. The average Bonchev–Trinajstić information content (AvgIpc) is 2.78. The zero-order chi connectivity index (χ0) is 10.7. The van der Waals surface area contributed by atoms with E-state index in [1.54, 1.807) is 0 Å². The van der Waals surface area contributed by atoms with Crippen LogP contribution >= 0.6 is 0 Å². The number of benzene rings is 1. The van der Waals surface area contributed by atoms with Crippen molar-refractivity contribution in [1.29, 1.82) is 0 Å². The Balaban J connectivity index is 2.28. The van der Waals surface area contributed by atoms with Crippen LogP contribution in [0, 0.1) is 0 Å². The van der Waals surface area contributed by atoms with Crippen LogP contribution in [0.15, 0.2) is 34.9 Å². The van der Waals surface area contributed by atoms with Gasteiger partial charge in [-0.15, -0.1) is 0 Å². The zero-order valence-electron chi connectivity index (χ0n) is 7.87. The summed E-state index contributed by atoms with van der Waals surface area (Å²) in [6.07, 6.45) is -1.09. The van der Waals surface area contributed by atoms with E-state index in [0.717, 1.165) is 5.56 Å². The lowest BCUT2D eigenvalue weighted by Crippen LogP contribution is -2.04. The number of hydrogen-bond donors (Lipinski definition) is 2. The van der Waals surface area contributed by atoms with Gasteiger partial charge in [0.15, 0.2) is 0 Å². The molecular formula is C10H10N2O3. The number of aliphatic hydroxyl groups is 2. The monoisotopic (exact) mass is 206 g/mol. The van der Waals surface area contributed by atoms with Gasteiger partial charge >= 0.3 is 0 Å². The van der Waals surface area contributed by atoms with Crippen molar-refractivity contribution in [2.75, 3.05) is 6.61 Å². The maximum Gasteiger partial charge on any atom is 0.258 e. The zero-order valence-corrected chi connectivity index (χ0v) is 7.87. The number of nitrogens with zero attached hydrogens (tertiary/aromatic N) is 2. The van der Waals surface area contributed by atoms with E-state index >= 15 is 0 Å². The van der Waals surface area contributed by atoms with Gasteiger partial charge in [0.25, 0.3) is 5.89 Å². The molecule has 0 amide bonds. The van der Waals surface area contributed by atoms with E-state index in [2.05, 4.69) is 10.1 Å². The van der Waals surface area contributed by atoms with Crippen LogP contribution in [-0.4, -0.2) is 27.0 Å². The summed E-state index contributed by atoms with van der Waals surface area (Å²) >= 11 is 0. The molecule has 15 heavy (non-hydrogen) atoms. The van der Waals surface area contributed by atoms with Crippen molar-refractivity contribution in [3.63, 3.8) is 0 Å². The van der Waals surface area contributed by atoms with Gasteiger partial charge < -0.3 is 14.7 Å². The molecule has 0 saturated heterocycles. The minimum Gasteiger partial charge on any atom is -0.393 e. The van der Waals surface area contributed by atoms with Crippen LogP contribution in [0.1, 0.15) is 11.9 Å². The SMILES string of the molecule is OC[C@@H](O)c1noc(-c2ccccc2)n1. The molecule has 1 atom stereocenters. The van der Waals surface area contributed by atoms with E-state index in [0.29, 0.717) is 5.89 Å². The lowest BCUT2D eigenvalue weighted by Gasteiger charge is -1.97. The van der Waals surface area contributed by atoms with Gasteiger partial charge in [-0.2, -0.15) is 4.98 Å². The summed E-state index contributed by atoms with van der Waals surface area (Å²) in [7, 11) is 0. The summed E-state index contributed by atoms with van der Waals surface area (Å²) in [5.74, 6) is 0.425. The lowest BCUT2D eigenvalue weighted by molar-refractivity contribution is 0.0865. The van der Waals surface area contributed by atoms with Crippen molar-refractivity contribution >= 4 is 0 Å². The number of rotatable bonds is 3. The highest BCUT2D eigenvalue weighted by Gasteiger charge is 2.14. The van der Waals surface area contributed by atoms with Crippen LogP contribution in [0.2, 0.25) is 0 Å².